The van der Waals surface area contributed by atoms with E-state index in [1.807, 2.05) is 0 Å². The molecule has 1 heterocycles. The van der Waals surface area contributed by atoms with E-state index in [0.29, 0.717) is 18.5 Å². The van der Waals surface area contributed by atoms with Gasteiger partial charge in [0.2, 0.25) is 0 Å². The molecule has 1 N–H and O–H groups in total. The number of benzene rings is 1. The van der Waals surface area contributed by atoms with Gasteiger partial charge in [0.1, 0.15) is 0 Å². The number of nitrogens with one attached hydrogen (secondary N) is 1. The van der Waals surface area contributed by atoms with Crippen molar-refractivity contribution < 1.29 is 17.9 Å². The standard InChI is InChI=1S/C16H22F3NO/c1-11(2)15-9-14(7-8-21-15)20-10-12-3-5-13(6-4-12)16(17,18)19/h3-6,11,14-15,20H,7-10H2,1-2H3. The molecule has 0 aromatic heterocycles. The van der Waals surface area contributed by atoms with Gasteiger partial charge in [-0.3, -0.25) is 0 Å². The topological polar surface area (TPSA) is 21.3 Å². The van der Waals surface area contributed by atoms with Crippen LogP contribution in [-0.4, -0.2) is 18.8 Å². The molecule has 0 amide bonds. The molecule has 21 heavy (non-hydrogen) atoms. The number of ether oxygens (including phenoxy) is 1. The second-order valence-corrected chi connectivity index (χ2v) is 5.95. The van der Waals surface area contributed by atoms with Crippen LogP contribution in [0.2, 0.25) is 0 Å². The minimum absolute atomic E-state index is 0.267. The average Bonchev–Trinajstić information content (AvgIpc) is 2.45. The average molecular weight is 301 g/mol. The van der Waals surface area contributed by atoms with Crippen molar-refractivity contribution >= 4 is 0 Å². The Labute approximate surface area is 123 Å². The van der Waals surface area contributed by atoms with E-state index in [0.717, 1.165) is 37.1 Å². The van der Waals surface area contributed by atoms with Crippen molar-refractivity contribution in [2.24, 2.45) is 5.92 Å². The van der Waals surface area contributed by atoms with Crippen LogP contribution in [0.5, 0.6) is 0 Å². The zero-order chi connectivity index (χ0) is 15.5. The molecule has 1 aliphatic heterocycles. The third-order valence-corrected chi connectivity index (χ3v) is 3.93. The molecule has 5 heteroatoms. The van der Waals surface area contributed by atoms with E-state index in [1.54, 1.807) is 0 Å². The molecule has 118 valence electrons. The molecular formula is C16H22F3NO. The fourth-order valence-corrected chi connectivity index (χ4v) is 2.55. The van der Waals surface area contributed by atoms with Crippen LogP contribution in [0.3, 0.4) is 0 Å². The first-order chi connectivity index (χ1) is 9.86. The Bertz CT molecular complexity index is 442. The van der Waals surface area contributed by atoms with Crippen molar-refractivity contribution in [3.8, 4) is 0 Å². The zero-order valence-corrected chi connectivity index (χ0v) is 12.4. The van der Waals surface area contributed by atoms with Crippen LogP contribution >= 0.6 is 0 Å². The zero-order valence-electron chi connectivity index (χ0n) is 12.4. The monoisotopic (exact) mass is 301 g/mol. The first-order valence-corrected chi connectivity index (χ1v) is 7.37. The molecule has 0 radical (unpaired) electrons. The van der Waals surface area contributed by atoms with Gasteiger partial charge in [0, 0.05) is 19.2 Å². The van der Waals surface area contributed by atoms with Gasteiger partial charge in [-0.25, -0.2) is 0 Å². The fraction of sp³-hybridized carbons (Fsp3) is 0.625. The van der Waals surface area contributed by atoms with E-state index < -0.39 is 11.7 Å². The number of halogens is 3. The summed E-state index contributed by atoms with van der Waals surface area (Å²) in [6, 6.07) is 5.72. The van der Waals surface area contributed by atoms with Gasteiger partial charge >= 0.3 is 6.18 Å². The van der Waals surface area contributed by atoms with Crippen LogP contribution in [-0.2, 0) is 17.5 Å². The lowest BCUT2D eigenvalue weighted by molar-refractivity contribution is -0.137. The summed E-state index contributed by atoms with van der Waals surface area (Å²) in [6.07, 6.45) is -2.09. The molecular weight excluding hydrogens is 279 g/mol. The molecule has 0 spiro atoms. The van der Waals surface area contributed by atoms with Crippen molar-refractivity contribution in [2.75, 3.05) is 6.61 Å². The lowest BCUT2D eigenvalue weighted by Gasteiger charge is -2.32. The van der Waals surface area contributed by atoms with Gasteiger partial charge in [0.25, 0.3) is 0 Å². The van der Waals surface area contributed by atoms with E-state index in [1.165, 1.54) is 12.1 Å². The van der Waals surface area contributed by atoms with Gasteiger partial charge in [-0.05, 0) is 36.5 Å². The Balaban J connectivity index is 1.85. The Morgan fingerprint density at radius 3 is 2.48 bits per heavy atom. The van der Waals surface area contributed by atoms with E-state index in [9.17, 15) is 13.2 Å². The maximum atomic E-state index is 12.5. The highest BCUT2D eigenvalue weighted by Crippen LogP contribution is 2.29. The third-order valence-electron chi connectivity index (χ3n) is 3.93. The SMILES string of the molecule is CC(C)C1CC(NCc2ccc(C(F)(F)F)cc2)CCO1. The van der Waals surface area contributed by atoms with E-state index in [4.69, 9.17) is 4.74 Å². The Morgan fingerprint density at radius 1 is 1.24 bits per heavy atom. The Hall–Kier alpha value is -1.07. The molecule has 1 fully saturated rings. The molecule has 1 aromatic rings. The molecule has 2 unspecified atom stereocenters. The van der Waals surface area contributed by atoms with Crippen LogP contribution in [0.1, 0.15) is 37.8 Å². The summed E-state index contributed by atoms with van der Waals surface area (Å²) in [5, 5.41) is 3.42. The normalized spacial score (nSPS) is 23.5. The third kappa shape index (κ3) is 4.71. The first-order valence-electron chi connectivity index (χ1n) is 7.37. The summed E-state index contributed by atoms with van der Waals surface area (Å²) in [5.41, 5.74) is 0.271. The van der Waals surface area contributed by atoms with Crippen LogP contribution < -0.4 is 5.32 Å². The van der Waals surface area contributed by atoms with Crippen molar-refractivity contribution in [3.63, 3.8) is 0 Å². The molecule has 2 rings (SSSR count). The van der Waals surface area contributed by atoms with Crippen molar-refractivity contribution in [3.05, 3.63) is 35.4 Å². The van der Waals surface area contributed by atoms with Crippen LogP contribution in [0.25, 0.3) is 0 Å². The summed E-state index contributed by atoms with van der Waals surface area (Å²) in [6.45, 7) is 5.62. The molecule has 0 saturated carbocycles. The predicted molar refractivity (Wildman–Crippen MR) is 75.9 cm³/mol. The van der Waals surface area contributed by atoms with E-state index in [-0.39, 0.29) is 6.10 Å². The highest BCUT2D eigenvalue weighted by atomic mass is 19.4. The number of alkyl halides is 3. The van der Waals surface area contributed by atoms with Crippen molar-refractivity contribution in [1.82, 2.24) is 5.32 Å². The largest absolute Gasteiger partial charge is 0.416 e. The fourth-order valence-electron chi connectivity index (χ4n) is 2.55. The number of hydrogen-bond donors (Lipinski definition) is 1. The second kappa shape index (κ2) is 6.79. The van der Waals surface area contributed by atoms with E-state index in [2.05, 4.69) is 19.2 Å². The quantitative estimate of drug-likeness (QED) is 0.907. The van der Waals surface area contributed by atoms with Crippen LogP contribution in [0.4, 0.5) is 13.2 Å². The van der Waals surface area contributed by atoms with Crippen molar-refractivity contribution in [2.45, 2.75) is 51.6 Å². The number of rotatable bonds is 4. The molecule has 1 saturated heterocycles. The maximum Gasteiger partial charge on any atom is 0.416 e. The second-order valence-electron chi connectivity index (χ2n) is 5.95. The minimum atomic E-state index is -4.27. The van der Waals surface area contributed by atoms with Gasteiger partial charge in [0.15, 0.2) is 0 Å². The Kier molecular flexibility index (Phi) is 5.27. The lowest BCUT2D eigenvalue weighted by Crippen LogP contribution is -2.40. The summed E-state index contributed by atoms with van der Waals surface area (Å²) < 4.78 is 43.2. The summed E-state index contributed by atoms with van der Waals surface area (Å²) in [5.74, 6) is 0.487. The first kappa shape index (κ1) is 16.3. The number of hydrogen-bond acceptors (Lipinski definition) is 2. The van der Waals surface area contributed by atoms with Gasteiger partial charge in [-0.15, -0.1) is 0 Å². The molecule has 0 aliphatic carbocycles. The summed E-state index contributed by atoms with van der Waals surface area (Å²) >= 11 is 0. The lowest BCUT2D eigenvalue weighted by atomic mass is 9.95. The van der Waals surface area contributed by atoms with Gasteiger partial charge in [-0.2, -0.15) is 13.2 Å². The summed E-state index contributed by atoms with van der Waals surface area (Å²) in [7, 11) is 0. The smallest absolute Gasteiger partial charge is 0.378 e. The summed E-state index contributed by atoms with van der Waals surface area (Å²) in [4.78, 5) is 0. The highest BCUT2D eigenvalue weighted by Gasteiger charge is 2.30. The van der Waals surface area contributed by atoms with Crippen LogP contribution in [0.15, 0.2) is 24.3 Å². The predicted octanol–water partition coefficient (Wildman–Crippen LogP) is 4.00. The minimum Gasteiger partial charge on any atom is -0.378 e. The Morgan fingerprint density at radius 2 is 1.90 bits per heavy atom. The van der Waals surface area contributed by atoms with E-state index >= 15 is 0 Å². The van der Waals surface area contributed by atoms with Gasteiger partial charge in [-0.1, -0.05) is 26.0 Å². The molecule has 1 aromatic carbocycles. The maximum absolute atomic E-state index is 12.5. The van der Waals surface area contributed by atoms with Crippen LogP contribution in [0, 0.1) is 5.92 Å². The molecule has 0 bridgehead atoms. The molecule has 1 aliphatic rings. The van der Waals surface area contributed by atoms with Crippen molar-refractivity contribution in [1.29, 1.82) is 0 Å². The van der Waals surface area contributed by atoms with Gasteiger partial charge in [0.05, 0.1) is 11.7 Å². The highest BCUT2D eigenvalue weighted by molar-refractivity contribution is 5.24. The molecule has 2 atom stereocenters. The van der Waals surface area contributed by atoms with Gasteiger partial charge < -0.3 is 10.1 Å². The molecule has 2 nitrogen and oxygen atoms in total.